The van der Waals surface area contributed by atoms with E-state index in [2.05, 4.69) is 0 Å². The van der Waals surface area contributed by atoms with E-state index in [4.69, 9.17) is 9.15 Å². The number of carbonyl (C=O) groups is 3. The van der Waals surface area contributed by atoms with Crippen LogP contribution in [-0.2, 0) is 20.9 Å². The highest BCUT2D eigenvalue weighted by atomic mass is 19.1. The number of carbonyl (C=O) groups excluding carboxylic acids is 3. The summed E-state index contributed by atoms with van der Waals surface area (Å²) in [6.45, 7) is -0.641. The van der Waals surface area contributed by atoms with Crippen LogP contribution < -0.4 is 16.6 Å². The standard InChI is InChI=1S/C19H16FN3O6/c20-13-6-2-1-5-12(13)18(26)22-21-16(24)11-28-17(25)9-10-23-14-7-3-4-8-15(14)29-19(23)27/h1-8H,9-11H2,(H,21,24)(H,22,26). The van der Waals surface area contributed by atoms with Crippen molar-refractivity contribution in [3.63, 3.8) is 0 Å². The number of nitrogens with zero attached hydrogens (tertiary/aromatic N) is 1. The van der Waals surface area contributed by atoms with E-state index in [1.807, 2.05) is 10.9 Å². The molecule has 0 aliphatic heterocycles. The van der Waals surface area contributed by atoms with Crippen molar-refractivity contribution < 1.29 is 27.9 Å². The predicted molar refractivity (Wildman–Crippen MR) is 98.1 cm³/mol. The molecule has 0 unspecified atom stereocenters. The van der Waals surface area contributed by atoms with Crippen LogP contribution in [-0.4, -0.2) is 29.0 Å². The van der Waals surface area contributed by atoms with Crippen molar-refractivity contribution >= 4 is 28.9 Å². The molecule has 150 valence electrons. The molecule has 3 rings (SSSR count). The number of ether oxygens (including phenoxy) is 1. The molecule has 0 fully saturated rings. The quantitative estimate of drug-likeness (QED) is 0.472. The number of aromatic nitrogens is 1. The van der Waals surface area contributed by atoms with Crippen molar-refractivity contribution in [2.75, 3.05) is 6.61 Å². The van der Waals surface area contributed by atoms with E-state index in [1.165, 1.54) is 22.8 Å². The summed E-state index contributed by atoms with van der Waals surface area (Å²) in [6, 6.07) is 12.0. The van der Waals surface area contributed by atoms with Gasteiger partial charge in [-0.15, -0.1) is 0 Å². The average molecular weight is 401 g/mol. The van der Waals surface area contributed by atoms with Crippen molar-refractivity contribution in [1.29, 1.82) is 0 Å². The molecule has 1 heterocycles. The van der Waals surface area contributed by atoms with Gasteiger partial charge >= 0.3 is 11.7 Å². The number of para-hydroxylation sites is 2. The lowest BCUT2D eigenvalue weighted by Crippen LogP contribution is -2.43. The van der Waals surface area contributed by atoms with Gasteiger partial charge in [0, 0.05) is 6.54 Å². The minimum atomic E-state index is -0.853. The summed E-state index contributed by atoms with van der Waals surface area (Å²) >= 11 is 0. The van der Waals surface area contributed by atoms with Gasteiger partial charge in [-0.2, -0.15) is 0 Å². The second kappa shape index (κ2) is 8.83. The molecule has 9 nitrogen and oxygen atoms in total. The molecule has 0 radical (unpaired) electrons. The SMILES string of the molecule is O=C(COC(=O)CCn1c(=O)oc2ccccc21)NNC(=O)c1ccccc1F. The van der Waals surface area contributed by atoms with Crippen molar-refractivity contribution in [3.05, 3.63) is 70.5 Å². The first kappa shape index (κ1) is 19.8. The minimum absolute atomic E-state index is 0.0142. The topological polar surface area (TPSA) is 120 Å². The van der Waals surface area contributed by atoms with Crippen LogP contribution in [0.15, 0.2) is 57.7 Å². The van der Waals surface area contributed by atoms with E-state index in [1.54, 1.807) is 24.3 Å². The zero-order valence-electron chi connectivity index (χ0n) is 15.0. The zero-order valence-corrected chi connectivity index (χ0v) is 15.0. The summed E-state index contributed by atoms with van der Waals surface area (Å²) in [5.74, 6) is -3.74. The fraction of sp³-hybridized carbons (Fsp3) is 0.158. The highest BCUT2D eigenvalue weighted by molar-refractivity contribution is 5.95. The largest absolute Gasteiger partial charge is 0.455 e. The summed E-state index contributed by atoms with van der Waals surface area (Å²) in [5.41, 5.74) is 4.72. The third-order valence-electron chi connectivity index (χ3n) is 3.91. The van der Waals surface area contributed by atoms with Crippen molar-refractivity contribution in [2.45, 2.75) is 13.0 Å². The number of halogens is 1. The van der Waals surface area contributed by atoms with E-state index in [9.17, 15) is 23.6 Å². The summed E-state index contributed by atoms with van der Waals surface area (Å²) < 4.78 is 24.6. The lowest BCUT2D eigenvalue weighted by Gasteiger charge is -2.08. The van der Waals surface area contributed by atoms with E-state index in [-0.39, 0.29) is 18.5 Å². The van der Waals surface area contributed by atoms with Crippen molar-refractivity contribution in [1.82, 2.24) is 15.4 Å². The van der Waals surface area contributed by atoms with Gasteiger partial charge in [0.15, 0.2) is 12.2 Å². The fourth-order valence-corrected chi connectivity index (χ4v) is 2.52. The van der Waals surface area contributed by atoms with Gasteiger partial charge in [-0.25, -0.2) is 9.18 Å². The molecule has 1 aromatic heterocycles. The molecule has 0 bridgehead atoms. The van der Waals surface area contributed by atoms with Crippen molar-refractivity contribution in [3.8, 4) is 0 Å². The van der Waals surface area contributed by atoms with E-state index < -0.39 is 36.0 Å². The van der Waals surface area contributed by atoms with Crippen LogP contribution >= 0.6 is 0 Å². The van der Waals surface area contributed by atoms with E-state index in [0.717, 1.165) is 6.07 Å². The molecule has 2 amide bonds. The first-order valence-electron chi connectivity index (χ1n) is 8.53. The third-order valence-corrected chi connectivity index (χ3v) is 3.91. The second-order valence-electron chi connectivity index (χ2n) is 5.88. The van der Waals surface area contributed by atoms with Crippen LogP contribution in [0.4, 0.5) is 4.39 Å². The monoisotopic (exact) mass is 401 g/mol. The van der Waals surface area contributed by atoms with Gasteiger partial charge in [0.1, 0.15) is 5.82 Å². The molecule has 0 aliphatic carbocycles. The van der Waals surface area contributed by atoms with Gasteiger partial charge in [0.05, 0.1) is 17.5 Å². The number of hydrazine groups is 1. The van der Waals surface area contributed by atoms with Crippen LogP contribution in [0.5, 0.6) is 0 Å². The number of benzene rings is 2. The minimum Gasteiger partial charge on any atom is -0.455 e. The molecule has 3 aromatic rings. The number of nitrogens with one attached hydrogen (secondary N) is 2. The number of hydrogen-bond donors (Lipinski definition) is 2. The van der Waals surface area contributed by atoms with Gasteiger partial charge in [0.25, 0.3) is 11.8 Å². The second-order valence-corrected chi connectivity index (χ2v) is 5.88. The molecular weight excluding hydrogens is 385 g/mol. The molecule has 10 heteroatoms. The number of hydrogen-bond acceptors (Lipinski definition) is 6. The number of fused-ring (bicyclic) bond motifs is 1. The first-order chi connectivity index (χ1) is 14.0. The number of aryl methyl sites for hydroxylation is 1. The first-order valence-corrected chi connectivity index (χ1v) is 8.53. The lowest BCUT2D eigenvalue weighted by molar-refractivity contribution is -0.148. The maximum atomic E-state index is 13.5. The van der Waals surface area contributed by atoms with Crippen LogP contribution in [0, 0.1) is 5.82 Å². The van der Waals surface area contributed by atoms with Crippen LogP contribution in [0.25, 0.3) is 11.1 Å². The van der Waals surface area contributed by atoms with Gasteiger partial charge in [-0.1, -0.05) is 24.3 Å². The Bertz CT molecular complexity index is 1120. The third kappa shape index (κ3) is 4.86. The Morgan fingerprint density at radius 2 is 1.76 bits per heavy atom. The number of amides is 2. The van der Waals surface area contributed by atoms with Crippen LogP contribution in [0.3, 0.4) is 0 Å². The molecule has 2 aromatic carbocycles. The molecule has 0 spiro atoms. The predicted octanol–water partition coefficient (Wildman–Crippen LogP) is 1.13. The molecule has 29 heavy (non-hydrogen) atoms. The van der Waals surface area contributed by atoms with Crippen molar-refractivity contribution in [2.24, 2.45) is 0 Å². The number of oxazole rings is 1. The van der Waals surface area contributed by atoms with Gasteiger partial charge in [0.2, 0.25) is 0 Å². The van der Waals surface area contributed by atoms with Gasteiger partial charge < -0.3 is 9.15 Å². The Kier molecular flexibility index (Phi) is 6.03. The Balaban J connectivity index is 1.44. The molecule has 0 saturated carbocycles. The van der Waals surface area contributed by atoms with E-state index in [0.29, 0.717) is 11.1 Å². The average Bonchev–Trinajstić information content (AvgIpc) is 3.04. The Morgan fingerprint density at radius 1 is 1.03 bits per heavy atom. The van der Waals surface area contributed by atoms with Crippen LogP contribution in [0.2, 0.25) is 0 Å². The maximum absolute atomic E-state index is 13.5. The Labute approximate surface area is 163 Å². The molecule has 0 saturated heterocycles. The molecule has 2 N–H and O–H groups in total. The Hall–Kier alpha value is -3.95. The van der Waals surface area contributed by atoms with E-state index >= 15 is 0 Å². The van der Waals surface area contributed by atoms with Gasteiger partial charge in [-0.05, 0) is 24.3 Å². The smallest absolute Gasteiger partial charge is 0.419 e. The Morgan fingerprint density at radius 3 is 2.55 bits per heavy atom. The molecule has 0 aliphatic rings. The van der Waals surface area contributed by atoms with Crippen LogP contribution in [0.1, 0.15) is 16.8 Å². The lowest BCUT2D eigenvalue weighted by atomic mass is 10.2. The maximum Gasteiger partial charge on any atom is 0.419 e. The normalized spacial score (nSPS) is 10.5. The summed E-state index contributed by atoms with van der Waals surface area (Å²) in [7, 11) is 0. The highest BCUT2D eigenvalue weighted by Gasteiger charge is 2.14. The highest BCUT2D eigenvalue weighted by Crippen LogP contribution is 2.12. The molecular formula is C19H16FN3O6. The summed E-state index contributed by atoms with van der Waals surface area (Å²) in [4.78, 5) is 47.1. The zero-order chi connectivity index (χ0) is 20.8. The van der Waals surface area contributed by atoms with Gasteiger partial charge in [-0.3, -0.25) is 29.8 Å². The summed E-state index contributed by atoms with van der Waals surface area (Å²) in [6.07, 6.45) is -0.168. The number of rotatable bonds is 6. The number of esters is 1. The fourth-order valence-electron chi connectivity index (χ4n) is 2.52. The summed E-state index contributed by atoms with van der Waals surface area (Å²) in [5, 5.41) is 0. The molecule has 0 atom stereocenters.